The maximum Gasteiger partial charge on any atom is 0.310 e. The first-order valence-electron chi connectivity index (χ1n) is 5.02. The highest BCUT2D eigenvalue weighted by molar-refractivity contribution is 6.32. The number of nitro groups is 1. The van der Waals surface area contributed by atoms with Gasteiger partial charge in [-0.3, -0.25) is 14.9 Å². The summed E-state index contributed by atoms with van der Waals surface area (Å²) in [6.45, 7) is 1.78. The van der Waals surface area contributed by atoms with E-state index in [1.165, 1.54) is 6.07 Å². The molecule has 7 heteroatoms. The lowest BCUT2D eigenvalue weighted by Gasteiger charge is -2.06. The molecule has 6 nitrogen and oxygen atoms in total. The minimum Gasteiger partial charge on any atom is -0.466 e. The Hall–Kier alpha value is -2.13. The molecule has 0 fully saturated rings. The summed E-state index contributed by atoms with van der Waals surface area (Å²) in [5.41, 5.74) is -0.406. The lowest BCUT2D eigenvalue weighted by Crippen LogP contribution is -2.11. The summed E-state index contributed by atoms with van der Waals surface area (Å²) >= 11 is 5.77. The second-order valence-electron chi connectivity index (χ2n) is 3.27. The third-order valence-electron chi connectivity index (χ3n) is 2.17. The molecular weight excluding hydrogens is 260 g/mol. The van der Waals surface area contributed by atoms with Crippen LogP contribution in [0.3, 0.4) is 0 Å². The first-order valence-corrected chi connectivity index (χ1v) is 5.40. The van der Waals surface area contributed by atoms with E-state index >= 15 is 0 Å². The van der Waals surface area contributed by atoms with Gasteiger partial charge in [0.2, 0.25) is 0 Å². The van der Waals surface area contributed by atoms with E-state index in [0.29, 0.717) is 0 Å². The maximum absolute atomic E-state index is 11.4. The molecule has 0 saturated heterocycles. The van der Waals surface area contributed by atoms with Crippen LogP contribution in [0.1, 0.15) is 18.1 Å². The van der Waals surface area contributed by atoms with Crippen molar-refractivity contribution in [3.05, 3.63) is 38.4 Å². The molecule has 0 aliphatic heterocycles. The number of nitrogens with zero attached hydrogens (tertiary/aromatic N) is 2. The number of nitriles is 1. The molecule has 0 saturated carbocycles. The molecule has 0 aliphatic rings. The highest BCUT2D eigenvalue weighted by Crippen LogP contribution is 2.28. The molecule has 1 aromatic carbocycles. The van der Waals surface area contributed by atoms with E-state index < -0.39 is 10.9 Å². The van der Waals surface area contributed by atoms with Gasteiger partial charge in [-0.25, -0.2) is 0 Å². The molecule has 0 heterocycles. The normalized spacial score (nSPS) is 9.61. The fourth-order valence-electron chi connectivity index (χ4n) is 1.44. The Bertz CT molecular complexity index is 537. The van der Waals surface area contributed by atoms with E-state index in [1.54, 1.807) is 13.0 Å². The Morgan fingerprint density at radius 3 is 2.78 bits per heavy atom. The predicted octanol–water partition coefficient (Wildman–Crippen LogP) is 2.23. The molecule has 0 amide bonds. The third kappa shape index (κ3) is 2.96. The Labute approximate surface area is 108 Å². The van der Waals surface area contributed by atoms with E-state index in [0.717, 1.165) is 6.07 Å². The Morgan fingerprint density at radius 2 is 2.28 bits per heavy atom. The number of carbonyl (C=O) groups excluding carboxylic acids is 1. The number of benzene rings is 1. The van der Waals surface area contributed by atoms with Crippen molar-refractivity contribution in [1.29, 1.82) is 5.26 Å². The summed E-state index contributed by atoms with van der Waals surface area (Å²) in [7, 11) is 0. The van der Waals surface area contributed by atoms with Gasteiger partial charge in [-0.15, -0.1) is 0 Å². The number of nitro benzene ring substituents is 1. The van der Waals surface area contributed by atoms with Crippen LogP contribution in [-0.4, -0.2) is 17.5 Å². The van der Waals surface area contributed by atoms with Gasteiger partial charge in [-0.05, 0) is 13.0 Å². The largest absolute Gasteiger partial charge is 0.466 e. The summed E-state index contributed by atoms with van der Waals surface area (Å²) in [5, 5.41) is 19.9. The van der Waals surface area contributed by atoms with Gasteiger partial charge in [0.1, 0.15) is 6.07 Å². The van der Waals surface area contributed by atoms with E-state index in [2.05, 4.69) is 0 Å². The number of halogens is 1. The van der Waals surface area contributed by atoms with Gasteiger partial charge in [0.25, 0.3) is 5.69 Å². The SMILES string of the molecule is CCOC(=O)Cc1c([N+](=O)[O-])ccc(Cl)c1C#N. The Morgan fingerprint density at radius 1 is 1.61 bits per heavy atom. The predicted molar refractivity (Wildman–Crippen MR) is 63.2 cm³/mol. The van der Waals surface area contributed by atoms with Crippen LogP contribution in [0.25, 0.3) is 0 Å². The van der Waals surface area contributed by atoms with E-state index in [-0.39, 0.29) is 34.9 Å². The second kappa shape index (κ2) is 5.98. The summed E-state index contributed by atoms with van der Waals surface area (Å²) in [6, 6.07) is 4.18. The van der Waals surface area contributed by atoms with E-state index in [4.69, 9.17) is 21.6 Å². The van der Waals surface area contributed by atoms with Crippen LogP contribution in [-0.2, 0) is 16.0 Å². The van der Waals surface area contributed by atoms with Crippen LogP contribution >= 0.6 is 11.6 Å². The number of carbonyl (C=O) groups is 1. The van der Waals surface area contributed by atoms with Crippen LogP contribution in [0.4, 0.5) is 5.69 Å². The quantitative estimate of drug-likeness (QED) is 0.474. The molecule has 0 N–H and O–H groups in total. The van der Waals surface area contributed by atoms with Crippen LogP contribution < -0.4 is 0 Å². The lowest BCUT2D eigenvalue weighted by molar-refractivity contribution is -0.385. The average molecular weight is 269 g/mol. The van der Waals surface area contributed by atoms with Crippen molar-refractivity contribution in [2.24, 2.45) is 0 Å². The van der Waals surface area contributed by atoms with Crippen molar-refractivity contribution in [3.8, 4) is 6.07 Å². The molecule has 1 rings (SSSR count). The summed E-state index contributed by atoms with van der Waals surface area (Å²) in [5.74, 6) is -0.639. The van der Waals surface area contributed by atoms with Crippen LogP contribution in [0.15, 0.2) is 12.1 Å². The smallest absolute Gasteiger partial charge is 0.310 e. The van der Waals surface area contributed by atoms with Gasteiger partial charge in [0, 0.05) is 6.07 Å². The number of ether oxygens (including phenoxy) is 1. The fourth-order valence-corrected chi connectivity index (χ4v) is 1.65. The highest BCUT2D eigenvalue weighted by atomic mass is 35.5. The molecule has 0 atom stereocenters. The Kier molecular flexibility index (Phi) is 4.63. The molecule has 94 valence electrons. The lowest BCUT2D eigenvalue weighted by atomic mass is 10.0. The molecule has 0 unspecified atom stereocenters. The van der Waals surface area contributed by atoms with Crippen molar-refractivity contribution < 1.29 is 14.5 Å². The topological polar surface area (TPSA) is 93.2 Å². The average Bonchev–Trinajstić information content (AvgIpc) is 2.29. The van der Waals surface area contributed by atoms with Gasteiger partial charge in [0.15, 0.2) is 0 Å². The van der Waals surface area contributed by atoms with Crippen LogP contribution in [0.2, 0.25) is 5.02 Å². The second-order valence-corrected chi connectivity index (χ2v) is 3.68. The van der Waals surface area contributed by atoms with Crippen molar-refractivity contribution in [3.63, 3.8) is 0 Å². The van der Waals surface area contributed by atoms with Crippen molar-refractivity contribution in [2.45, 2.75) is 13.3 Å². The van der Waals surface area contributed by atoms with Gasteiger partial charge in [-0.1, -0.05) is 11.6 Å². The van der Waals surface area contributed by atoms with Crippen LogP contribution in [0, 0.1) is 21.4 Å². The van der Waals surface area contributed by atoms with E-state index in [1.807, 2.05) is 0 Å². The molecule has 18 heavy (non-hydrogen) atoms. The highest BCUT2D eigenvalue weighted by Gasteiger charge is 2.23. The first-order chi connectivity index (χ1) is 8.51. The van der Waals surface area contributed by atoms with Crippen molar-refractivity contribution in [1.82, 2.24) is 0 Å². The van der Waals surface area contributed by atoms with Gasteiger partial charge in [0.05, 0.1) is 34.1 Å². The van der Waals surface area contributed by atoms with Gasteiger partial charge >= 0.3 is 5.97 Å². The molecular formula is C11H9ClN2O4. The summed E-state index contributed by atoms with van der Waals surface area (Å²) < 4.78 is 4.71. The summed E-state index contributed by atoms with van der Waals surface area (Å²) in [6.07, 6.45) is -0.354. The first kappa shape index (κ1) is 13.9. The molecule has 0 radical (unpaired) electrons. The maximum atomic E-state index is 11.4. The van der Waals surface area contributed by atoms with Gasteiger partial charge in [-0.2, -0.15) is 5.26 Å². The number of rotatable bonds is 4. The number of esters is 1. The van der Waals surface area contributed by atoms with E-state index in [9.17, 15) is 14.9 Å². The zero-order chi connectivity index (χ0) is 13.7. The minimum atomic E-state index is -0.661. The molecule has 0 aromatic heterocycles. The molecule has 0 spiro atoms. The minimum absolute atomic E-state index is 0.0200. The van der Waals surface area contributed by atoms with Gasteiger partial charge < -0.3 is 4.74 Å². The number of hydrogen-bond acceptors (Lipinski definition) is 5. The third-order valence-corrected chi connectivity index (χ3v) is 2.49. The zero-order valence-electron chi connectivity index (χ0n) is 9.47. The molecule has 0 bridgehead atoms. The fraction of sp³-hybridized carbons (Fsp3) is 0.273. The van der Waals surface area contributed by atoms with Crippen molar-refractivity contribution in [2.75, 3.05) is 6.61 Å². The van der Waals surface area contributed by atoms with Crippen molar-refractivity contribution >= 4 is 23.3 Å². The number of hydrogen-bond donors (Lipinski definition) is 0. The molecule has 1 aromatic rings. The molecule has 0 aliphatic carbocycles. The summed E-state index contributed by atoms with van der Waals surface area (Å²) in [4.78, 5) is 21.5. The Balaban J connectivity index is 3.29. The monoisotopic (exact) mass is 268 g/mol. The standard InChI is InChI=1S/C11H9ClN2O4/c1-2-18-11(15)5-7-8(6-13)9(12)3-4-10(7)14(16)17/h3-4H,2,5H2,1H3. The van der Waals surface area contributed by atoms with Crippen LogP contribution in [0.5, 0.6) is 0 Å². The zero-order valence-corrected chi connectivity index (χ0v) is 10.2.